The molecule has 0 aromatic heterocycles. The Balaban J connectivity index is 2.53. The Bertz CT molecular complexity index is 579. The maximum absolute atomic E-state index is 12.9. The van der Waals surface area contributed by atoms with Gasteiger partial charge in [0.1, 0.15) is 24.7 Å². The minimum atomic E-state index is -0.296. The topological polar surface area (TPSA) is 66.4 Å². The molecule has 0 fully saturated rings. The normalized spacial score (nSPS) is 11.2. The van der Waals surface area contributed by atoms with E-state index in [1.807, 2.05) is 18.9 Å². The number of aliphatic imine (C=N–C) groups is 1. The number of halogens is 1. The second kappa shape index (κ2) is 12.9. The summed E-state index contributed by atoms with van der Waals surface area (Å²) in [5, 5.41) is 3.25. The number of nitrogens with zero attached hydrogens (tertiary/aromatic N) is 3. The molecule has 1 rings (SSSR count). The van der Waals surface area contributed by atoms with Crippen LogP contribution in [0.1, 0.15) is 13.3 Å². The van der Waals surface area contributed by atoms with Crippen LogP contribution >= 0.6 is 0 Å². The van der Waals surface area contributed by atoms with E-state index < -0.39 is 0 Å². The number of likely N-dealkylation sites (N-methyl/N-ethyl adjacent to an activating group) is 2. The largest absolute Gasteiger partial charge is 0.492 e. The van der Waals surface area contributed by atoms with E-state index in [-0.39, 0.29) is 18.3 Å². The third-order valence-corrected chi connectivity index (χ3v) is 3.69. The molecule has 0 atom stereocenters. The predicted molar refractivity (Wildman–Crippen MR) is 105 cm³/mol. The minimum Gasteiger partial charge on any atom is -0.492 e. The maximum Gasteiger partial charge on any atom is 0.243 e. The van der Waals surface area contributed by atoms with Crippen molar-refractivity contribution in [2.45, 2.75) is 13.3 Å². The number of rotatable bonds is 11. The van der Waals surface area contributed by atoms with Crippen LogP contribution in [0.25, 0.3) is 0 Å². The lowest BCUT2D eigenvalue weighted by atomic mass is 10.3. The highest BCUT2D eigenvalue weighted by molar-refractivity contribution is 5.84. The second-order valence-corrected chi connectivity index (χ2v) is 6.13. The minimum absolute atomic E-state index is 0.0698. The Labute approximate surface area is 161 Å². The number of ether oxygens (including phenoxy) is 2. The van der Waals surface area contributed by atoms with Crippen molar-refractivity contribution < 1.29 is 18.7 Å². The van der Waals surface area contributed by atoms with Crippen LogP contribution in [0.15, 0.2) is 29.3 Å². The van der Waals surface area contributed by atoms with Gasteiger partial charge in [-0.25, -0.2) is 9.38 Å². The van der Waals surface area contributed by atoms with Crippen LogP contribution in [0.2, 0.25) is 0 Å². The van der Waals surface area contributed by atoms with Crippen molar-refractivity contribution in [1.82, 2.24) is 15.1 Å². The van der Waals surface area contributed by atoms with Gasteiger partial charge in [0.15, 0.2) is 5.96 Å². The van der Waals surface area contributed by atoms with Crippen LogP contribution in [0.3, 0.4) is 0 Å². The fourth-order valence-corrected chi connectivity index (χ4v) is 2.05. The highest BCUT2D eigenvalue weighted by Gasteiger charge is 2.09. The van der Waals surface area contributed by atoms with Gasteiger partial charge in [0.05, 0.1) is 6.54 Å². The van der Waals surface area contributed by atoms with Gasteiger partial charge >= 0.3 is 0 Å². The van der Waals surface area contributed by atoms with Gasteiger partial charge in [0, 0.05) is 40.9 Å². The molecule has 0 saturated carbocycles. The molecule has 1 amide bonds. The number of carbonyl (C=O) groups excluding carboxylic acids is 1. The SMILES string of the molecule is CCOCCCNC(=NCC(=O)N(C)C)N(C)CCOc1ccc(F)cc1. The predicted octanol–water partition coefficient (Wildman–Crippen LogP) is 1.60. The molecule has 152 valence electrons. The number of nitrogens with one attached hydrogen (secondary N) is 1. The summed E-state index contributed by atoms with van der Waals surface area (Å²) in [6.45, 7) is 5.06. The van der Waals surface area contributed by atoms with Crippen molar-refractivity contribution in [1.29, 1.82) is 0 Å². The first-order valence-electron chi connectivity index (χ1n) is 9.09. The van der Waals surface area contributed by atoms with Gasteiger partial charge in [0.25, 0.3) is 0 Å². The van der Waals surface area contributed by atoms with Gasteiger partial charge in [-0.3, -0.25) is 4.79 Å². The molecule has 0 spiro atoms. The summed E-state index contributed by atoms with van der Waals surface area (Å²) < 4.78 is 23.9. The molecule has 0 aliphatic heterocycles. The Morgan fingerprint density at radius 3 is 2.52 bits per heavy atom. The number of benzene rings is 1. The smallest absolute Gasteiger partial charge is 0.243 e. The zero-order valence-electron chi connectivity index (χ0n) is 16.7. The molecular weight excluding hydrogens is 351 g/mol. The van der Waals surface area contributed by atoms with E-state index >= 15 is 0 Å². The van der Waals surface area contributed by atoms with Crippen LogP contribution in [0.4, 0.5) is 4.39 Å². The molecule has 0 aliphatic rings. The van der Waals surface area contributed by atoms with E-state index in [4.69, 9.17) is 9.47 Å². The van der Waals surface area contributed by atoms with Crippen molar-refractivity contribution >= 4 is 11.9 Å². The lowest BCUT2D eigenvalue weighted by molar-refractivity contribution is -0.127. The molecule has 0 radical (unpaired) electrons. The molecule has 1 aromatic carbocycles. The summed E-state index contributed by atoms with van der Waals surface area (Å²) in [5.74, 6) is 0.871. The van der Waals surface area contributed by atoms with Crippen LogP contribution in [-0.4, -0.2) is 82.3 Å². The molecule has 8 heteroatoms. The van der Waals surface area contributed by atoms with Gasteiger partial charge in [0.2, 0.25) is 5.91 Å². The average Bonchev–Trinajstić information content (AvgIpc) is 2.65. The van der Waals surface area contributed by atoms with Crippen LogP contribution in [0, 0.1) is 5.82 Å². The Morgan fingerprint density at radius 2 is 1.89 bits per heavy atom. The van der Waals surface area contributed by atoms with Crippen LogP contribution in [-0.2, 0) is 9.53 Å². The second-order valence-electron chi connectivity index (χ2n) is 6.13. The third kappa shape index (κ3) is 9.79. The molecule has 0 bridgehead atoms. The zero-order chi connectivity index (χ0) is 20.1. The standard InChI is InChI=1S/C19H31FN4O3/c1-5-26-13-6-11-21-19(22-15-18(25)23(2)3)24(4)12-14-27-17-9-7-16(20)8-10-17/h7-10H,5-6,11-15H2,1-4H3,(H,21,22). The van der Waals surface area contributed by atoms with Gasteiger partial charge in [-0.05, 0) is 37.6 Å². The lowest BCUT2D eigenvalue weighted by Gasteiger charge is -2.23. The number of carbonyl (C=O) groups is 1. The first kappa shape index (κ1) is 22.7. The van der Waals surface area contributed by atoms with Gasteiger partial charge in [-0.2, -0.15) is 0 Å². The fraction of sp³-hybridized carbons (Fsp3) is 0.579. The summed E-state index contributed by atoms with van der Waals surface area (Å²) in [4.78, 5) is 19.6. The Morgan fingerprint density at radius 1 is 1.19 bits per heavy atom. The molecule has 7 nitrogen and oxygen atoms in total. The number of amides is 1. The monoisotopic (exact) mass is 382 g/mol. The van der Waals surface area contributed by atoms with Gasteiger partial charge in [-0.15, -0.1) is 0 Å². The summed E-state index contributed by atoms with van der Waals surface area (Å²) >= 11 is 0. The van der Waals surface area contributed by atoms with E-state index in [1.54, 1.807) is 26.2 Å². The van der Waals surface area contributed by atoms with Crippen molar-refractivity contribution in [3.63, 3.8) is 0 Å². The van der Waals surface area contributed by atoms with E-state index in [9.17, 15) is 9.18 Å². The van der Waals surface area contributed by atoms with E-state index in [0.717, 1.165) is 6.42 Å². The average molecular weight is 382 g/mol. The Kier molecular flexibility index (Phi) is 10.9. The first-order valence-corrected chi connectivity index (χ1v) is 9.09. The van der Waals surface area contributed by atoms with Crippen molar-refractivity contribution in [2.75, 3.05) is 60.6 Å². The van der Waals surface area contributed by atoms with Crippen molar-refractivity contribution in [2.24, 2.45) is 4.99 Å². The summed E-state index contributed by atoms with van der Waals surface area (Å²) in [6, 6.07) is 5.90. The number of hydrogen-bond donors (Lipinski definition) is 1. The first-order chi connectivity index (χ1) is 12.9. The molecular formula is C19H31FN4O3. The fourth-order valence-electron chi connectivity index (χ4n) is 2.05. The molecule has 0 unspecified atom stereocenters. The quantitative estimate of drug-likeness (QED) is 0.358. The van der Waals surface area contributed by atoms with Crippen molar-refractivity contribution in [3.8, 4) is 5.75 Å². The summed E-state index contributed by atoms with van der Waals surface area (Å²) in [7, 11) is 5.28. The molecule has 1 N–H and O–H groups in total. The summed E-state index contributed by atoms with van der Waals surface area (Å²) in [5.41, 5.74) is 0. The Hall–Kier alpha value is -2.35. The van der Waals surface area contributed by atoms with Crippen molar-refractivity contribution in [3.05, 3.63) is 30.1 Å². The molecule has 1 aromatic rings. The molecule has 0 heterocycles. The summed E-state index contributed by atoms with van der Waals surface area (Å²) in [6.07, 6.45) is 0.842. The third-order valence-electron chi connectivity index (χ3n) is 3.69. The maximum atomic E-state index is 12.9. The van der Waals surface area contributed by atoms with E-state index in [0.29, 0.717) is 44.6 Å². The van der Waals surface area contributed by atoms with Gasteiger partial charge < -0.3 is 24.6 Å². The number of hydrogen-bond acceptors (Lipinski definition) is 4. The molecule has 0 saturated heterocycles. The number of guanidine groups is 1. The molecule has 0 aliphatic carbocycles. The van der Waals surface area contributed by atoms with E-state index in [2.05, 4.69) is 10.3 Å². The molecule has 27 heavy (non-hydrogen) atoms. The zero-order valence-corrected chi connectivity index (χ0v) is 16.7. The van der Waals surface area contributed by atoms with Crippen LogP contribution in [0.5, 0.6) is 5.75 Å². The highest BCUT2D eigenvalue weighted by atomic mass is 19.1. The van der Waals surface area contributed by atoms with Gasteiger partial charge in [-0.1, -0.05) is 0 Å². The van der Waals surface area contributed by atoms with E-state index in [1.165, 1.54) is 17.0 Å². The lowest BCUT2D eigenvalue weighted by Crippen LogP contribution is -2.42. The highest BCUT2D eigenvalue weighted by Crippen LogP contribution is 2.10. The van der Waals surface area contributed by atoms with Crippen LogP contribution < -0.4 is 10.1 Å².